The van der Waals surface area contributed by atoms with Gasteiger partial charge < -0.3 is 10.3 Å². The average Bonchev–Trinajstić information content (AvgIpc) is 2.84. The van der Waals surface area contributed by atoms with Gasteiger partial charge in [0.15, 0.2) is 0 Å². The second-order valence-corrected chi connectivity index (χ2v) is 9.84. The SMILES string of the molecule is C=C[C@@H]1CC2=CC(=O)C(=NO)C[C@]2(C)[C@H]2CC[C@@]3(C)[C@@H](CC[C@]3(C)O)[C@H]12. The molecule has 4 aliphatic rings. The van der Waals surface area contributed by atoms with Gasteiger partial charge in [0.2, 0.25) is 5.78 Å². The molecule has 0 saturated heterocycles. The highest BCUT2D eigenvalue weighted by atomic mass is 16.4. The van der Waals surface area contributed by atoms with Gasteiger partial charge >= 0.3 is 0 Å². The van der Waals surface area contributed by atoms with Crippen LogP contribution in [0.1, 0.15) is 59.3 Å². The predicted octanol–water partition coefficient (Wildman–Crippen LogP) is 4.12. The molecule has 4 aliphatic carbocycles. The zero-order valence-corrected chi connectivity index (χ0v) is 16.2. The van der Waals surface area contributed by atoms with Gasteiger partial charge in [0.05, 0.1) is 5.60 Å². The van der Waals surface area contributed by atoms with Gasteiger partial charge in [0.1, 0.15) is 5.71 Å². The van der Waals surface area contributed by atoms with E-state index in [2.05, 4.69) is 31.7 Å². The lowest BCUT2D eigenvalue weighted by Gasteiger charge is -2.60. The van der Waals surface area contributed by atoms with Crippen molar-refractivity contribution >= 4 is 11.5 Å². The predicted molar refractivity (Wildman–Crippen MR) is 101 cm³/mol. The largest absolute Gasteiger partial charge is 0.411 e. The molecule has 0 spiro atoms. The number of carbonyl (C=O) groups excluding carboxylic acids is 1. The van der Waals surface area contributed by atoms with E-state index in [4.69, 9.17) is 0 Å². The molecule has 4 nitrogen and oxygen atoms in total. The van der Waals surface area contributed by atoms with Crippen LogP contribution in [0.5, 0.6) is 0 Å². The smallest absolute Gasteiger partial charge is 0.203 e. The van der Waals surface area contributed by atoms with Gasteiger partial charge in [-0.05, 0) is 79.6 Å². The number of ketones is 1. The second-order valence-electron chi connectivity index (χ2n) is 9.84. The molecule has 0 radical (unpaired) electrons. The van der Waals surface area contributed by atoms with Crippen molar-refractivity contribution < 1.29 is 15.1 Å². The van der Waals surface area contributed by atoms with E-state index in [0.29, 0.717) is 35.8 Å². The molecule has 0 aromatic heterocycles. The molecular formula is C22H31NO3. The van der Waals surface area contributed by atoms with Crippen LogP contribution in [0.4, 0.5) is 0 Å². The third-order valence-corrected chi connectivity index (χ3v) is 8.94. The van der Waals surface area contributed by atoms with E-state index in [0.717, 1.165) is 32.1 Å². The quantitative estimate of drug-likeness (QED) is 0.421. The van der Waals surface area contributed by atoms with Gasteiger partial charge in [-0.2, -0.15) is 0 Å². The summed E-state index contributed by atoms with van der Waals surface area (Å²) in [6.45, 7) is 10.7. The number of nitrogens with zero attached hydrogens (tertiary/aromatic N) is 1. The monoisotopic (exact) mass is 357 g/mol. The lowest BCUT2D eigenvalue weighted by Crippen LogP contribution is -2.56. The summed E-state index contributed by atoms with van der Waals surface area (Å²) < 4.78 is 0. The molecule has 7 atom stereocenters. The number of fused-ring (bicyclic) bond motifs is 5. The number of allylic oxidation sites excluding steroid dienone is 2. The Labute approximate surface area is 156 Å². The van der Waals surface area contributed by atoms with Crippen LogP contribution in [0.25, 0.3) is 0 Å². The summed E-state index contributed by atoms with van der Waals surface area (Å²) >= 11 is 0. The Morgan fingerprint density at radius 3 is 2.58 bits per heavy atom. The Morgan fingerprint density at radius 1 is 1.23 bits per heavy atom. The highest BCUT2D eigenvalue weighted by Gasteiger charge is 2.64. The van der Waals surface area contributed by atoms with E-state index in [1.54, 1.807) is 6.08 Å². The average molecular weight is 357 g/mol. The molecule has 0 aromatic carbocycles. The lowest BCUT2D eigenvalue weighted by molar-refractivity contribution is -0.125. The third-order valence-electron chi connectivity index (χ3n) is 8.94. The summed E-state index contributed by atoms with van der Waals surface area (Å²) in [7, 11) is 0. The van der Waals surface area contributed by atoms with Crippen LogP contribution in [0.15, 0.2) is 29.5 Å². The Hall–Kier alpha value is -1.42. The summed E-state index contributed by atoms with van der Waals surface area (Å²) in [5.74, 6) is 1.58. The fourth-order valence-corrected chi connectivity index (χ4v) is 7.11. The van der Waals surface area contributed by atoms with E-state index >= 15 is 0 Å². The van der Waals surface area contributed by atoms with Crippen LogP contribution >= 0.6 is 0 Å². The Balaban J connectivity index is 1.80. The number of hydrogen-bond donors (Lipinski definition) is 2. The summed E-state index contributed by atoms with van der Waals surface area (Å²) in [5.41, 5.74) is 0.708. The number of aliphatic hydroxyl groups is 1. The van der Waals surface area contributed by atoms with E-state index in [1.807, 2.05) is 6.92 Å². The fraction of sp³-hybridized carbons (Fsp3) is 0.727. The number of carbonyl (C=O) groups is 1. The first-order chi connectivity index (χ1) is 12.2. The molecular weight excluding hydrogens is 326 g/mol. The summed E-state index contributed by atoms with van der Waals surface area (Å²) in [4.78, 5) is 12.3. The van der Waals surface area contributed by atoms with Gasteiger partial charge in [-0.3, -0.25) is 4.79 Å². The molecule has 0 bridgehead atoms. The van der Waals surface area contributed by atoms with Crippen LogP contribution in [0.2, 0.25) is 0 Å². The maximum absolute atomic E-state index is 12.3. The first-order valence-electron chi connectivity index (χ1n) is 9.99. The highest BCUT2D eigenvalue weighted by molar-refractivity contribution is 6.44. The molecule has 26 heavy (non-hydrogen) atoms. The molecule has 3 saturated carbocycles. The number of oxime groups is 1. The number of rotatable bonds is 1. The van der Waals surface area contributed by atoms with Crippen LogP contribution in [0, 0.1) is 34.5 Å². The zero-order valence-electron chi connectivity index (χ0n) is 16.2. The van der Waals surface area contributed by atoms with Crippen molar-refractivity contribution in [2.24, 2.45) is 39.7 Å². The Bertz CT molecular complexity index is 721. The Morgan fingerprint density at radius 2 is 1.92 bits per heavy atom. The summed E-state index contributed by atoms with van der Waals surface area (Å²) in [5, 5.41) is 23.7. The molecule has 0 amide bonds. The molecule has 2 N–H and O–H groups in total. The maximum Gasteiger partial charge on any atom is 0.203 e. The van der Waals surface area contributed by atoms with Crippen molar-refractivity contribution in [3.63, 3.8) is 0 Å². The van der Waals surface area contributed by atoms with E-state index in [-0.39, 0.29) is 16.6 Å². The number of hydrogen-bond acceptors (Lipinski definition) is 4. The van der Waals surface area contributed by atoms with Crippen LogP contribution in [-0.2, 0) is 4.79 Å². The standard InChI is InChI=1S/C22H31NO3/c1-5-13-10-14-11-18(24)17(23-26)12-20(14,2)15-6-8-21(3)16(19(13)15)7-9-22(21,4)25/h5,11,13,15-16,19,25-26H,1,6-10,12H2,2-4H3/t13-,15+,16+,19-,20+,21+,22+/m1/s1. The molecule has 0 aliphatic heterocycles. The fourth-order valence-electron chi connectivity index (χ4n) is 7.11. The Kier molecular flexibility index (Phi) is 3.83. The lowest BCUT2D eigenvalue weighted by atomic mass is 9.44. The van der Waals surface area contributed by atoms with Gasteiger partial charge in [-0.25, -0.2) is 0 Å². The van der Waals surface area contributed by atoms with Gasteiger partial charge in [0, 0.05) is 6.42 Å². The van der Waals surface area contributed by atoms with E-state index in [1.165, 1.54) is 5.57 Å². The van der Waals surface area contributed by atoms with Gasteiger partial charge in [-0.1, -0.05) is 30.7 Å². The second kappa shape index (κ2) is 5.54. The van der Waals surface area contributed by atoms with E-state index in [9.17, 15) is 15.1 Å². The first-order valence-corrected chi connectivity index (χ1v) is 9.99. The van der Waals surface area contributed by atoms with Gasteiger partial charge in [0.25, 0.3) is 0 Å². The maximum atomic E-state index is 12.3. The molecule has 4 heteroatoms. The van der Waals surface area contributed by atoms with Crippen LogP contribution in [0.3, 0.4) is 0 Å². The van der Waals surface area contributed by atoms with Crippen molar-refractivity contribution in [3.05, 3.63) is 24.3 Å². The van der Waals surface area contributed by atoms with Crippen molar-refractivity contribution in [3.8, 4) is 0 Å². The van der Waals surface area contributed by atoms with Crippen LogP contribution in [-0.4, -0.2) is 27.4 Å². The topological polar surface area (TPSA) is 69.9 Å². The van der Waals surface area contributed by atoms with Crippen molar-refractivity contribution in [1.29, 1.82) is 0 Å². The summed E-state index contributed by atoms with van der Waals surface area (Å²) in [6.07, 6.45) is 9.17. The summed E-state index contributed by atoms with van der Waals surface area (Å²) in [6, 6.07) is 0. The molecule has 0 aromatic rings. The minimum absolute atomic E-state index is 0.0502. The van der Waals surface area contributed by atoms with Crippen molar-refractivity contribution in [2.45, 2.75) is 64.9 Å². The van der Waals surface area contributed by atoms with Crippen molar-refractivity contribution in [2.75, 3.05) is 0 Å². The minimum atomic E-state index is -0.606. The van der Waals surface area contributed by atoms with Crippen molar-refractivity contribution in [1.82, 2.24) is 0 Å². The minimum Gasteiger partial charge on any atom is -0.411 e. The third kappa shape index (κ3) is 2.11. The first kappa shape index (κ1) is 18.0. The normalized spacial score (nSPS) is 52.1. The van der Waals surface area contributed by atoms with Gasteiger partial charge in [-0.15, -0.1) is 6.58 Å². The van der Waals surface area contributed by atoms with E-state index < -0.39 is 5.60 Å². The highest BCUT2D eigenvalue weighted by Crippen LogP contribution is 2.68. The molecule has 3 fully saturated rings. The molecule has 0 unspecified atom stereocenters. The molecule has 0 heterocycles. The zero-order chi connectivity index (χ0) is 18.9. The van der Waals surface area contributed by atoms with Crippen LogP contribution < -0.4 is 0 Å². The molecule has 4 rings (SSSR count). The molecule has 142 valence electrons.